The molecule has 0 unspecified atom stereocenters. The first-order valence-electron chi connectivity index (χ1n) is 10.4. The van der Waals surface area contributed by atoms with Crippen molar-refractivity contribution in [3.8, 4) is 5.75 Å². The van der Waals surface area contributed by atoms with Gasteiger partial charge in [0.1, 0.15) is 5.75 Å². The minimum atomic E-state index is -1.26. The summed E-state index contributed by atoms with van der Waals surface area (Å²) < 4.78 is 12.0. The number of fused-ring (bicyclic) bond motifs is 1. The van der Waals surface area contributed by atoms with Crippen LogP contribution in [0.3, 0.4) is 0 Å². The van der Waals surface area contributed by atoms with Crippen LogP contribution in [0.5, 0.6) is 5.75 Å². The molecule has 0 amide bonds. The molecule has 0 atom stereocenters. The van der Waals surface area contributed by atoms with E-state index in [1.807, 2.05) is 0 Å². The van der Waals surface area contributed by atoms with Gasteiger partial charge in [0.25, 0.3) is 5.56 Å². The van der Waals surface area contributed by atoms with Crippen molar-refractivity contribution < 1.29 is 34.1 Å². The number of hydrogen-bond donors (Lipinski definition) is 2. The summed E-state index contributed by atoms with van der Waals surface area (Å²) in [6.45, 7) is 9.30. The molecule has 10 heteroatoms. The third-order valence-electron chi connectivity index (χ3n) is 4.71. The second kappa shape index (κ2) is 13.7. The number of carboxylic acid groups (broad SMARTS) is 2. The standard InChI is InChI=1S/C19H26N2O4.C4H4O4/c1-5-20(6-2)10-11-21-13-17(19(23)25-7-3)15-9-8-14(24-4)12-16(15)18(21)22;5-3(6)1-2-4(7)8/h8-9,12-13H,5-7,10-11H2,1-4H3;1-2H,(H,5,6)(H,7,8)/b;2-1-. The van der Waals surface area contributed by atoms with Crippen molar-refractivity contribution in [2.45, 2.75) is 27.3 Å². The van der Waals surface area contributed by atoms with E-state index in [9.17, 15) is 19.2 Å². The van der Waals surface area contributed by atoms with Crippen molar-refractivity contribution in [2.24, 2.45) is 0 Å². The lowest BCUT2D eigenvalue weighted by Gasteiger charge is -2.19. The molecule has 2 N–H and O–H groups in total. The van der Waals surface area contributed by atoms with Gasteiger partial charge in [0.05, 0.1) is 24.7 Å². The molecule has 0 saturated carbocycles. The summed E-state index contributed by atoms with van der Waals surface area (Å²) in [5.41, 5.74) is 0.271. The Labute approximate surface area is 191 Å². The Kier molecular flexibility index (Phi) is 11.4. The van der Waals surface area contributed by atoms with Gasteiger partial charge in [0.15, 0.2) is 0 Å². The van der Waals surface area contributed by atoms with Gasteiger partial charge in [0.2, 0.25) is 0 Å². The molecular formula is C23H30N2O8. The summed E-state index contributed by atoms with van der Waals surface area (Å²) in [5.74, 6) is -2.35. The average Bonchev–Trinajstić information content (AvgIpc) is 2.80. The summed E-state index contributed by atoms with van der Waals surface area (Å²) in [6, 6.07) is 5.15. The second-order valence-corrected chi connectivity index (χ2v) is 6.71. The number of carboxylic acids is 2. The largest absolute Gasteiger partial charge is 0.497 e. The van der Waals surface area contributed by atoms with Crippen LogP contribution in [-0.4, -0.2) is 70.9 Å². The van der Waals surface area contributed by atoms with E-state index in [1.165, 1.54) is 0 Å². The first-order chi connectivity index (χ1) is 15.7. The van der Waals surface area contributed by atoms with Gasteiger partial charge < -0.3 is 29.2 Å². The van der Waals surface area contributed by atoms with Crippen LogP contribution in [0.2, 0.25) is 0 Å². The maximum Gasteiger partial charge on any atom is 0.340 e. The van der Waals surface area contributed by atoms with Crippen molar-refractivity contribution >= 4 is 28.7 Å². The fourth-order valence-electron chi connectivity index (χ4n) is 2.97. The van der Waals surface area contributed by atoms with Gasteiger partial charge in [-0.25, -0.2) is 14.4 Å². The molecule has 1 aromatic carbocycles. The van der Waals surface area contributed by atoms with Crippen LogP contribution < -0.4 is 10.3 Å². The number of ether oxygens (including phenoxy) is 2. The molecule has 0 bridgehead atoms. The van der Waals surface area contributed by atoms with Crippen molar-refractivity contribution in [3.63, 3.8) is 0 Å². The summed E-state index contributed by atoms with van der Waals surface area (Å²) in [5, 5.41) is 16.7. The van der Waals surface area contributed by atoms with E-state index >= 15 is 0 Å². The van der Waals surface area contributed by atoms with Crippen LogP contribution in [0, 0.1) is 0 Å². The number of pyridine rings is 1. The van der Waals surface area contributed by atoms with Crippen molar-refractivity contribution in [1.29, 1.82) is 0 Å². The fourth-order valence-corrected chi connectivity index (χ4v) is 2.97. The molecule has 2 aromatic rings. The van der Waals surface area contributed by atoms with Gasteiger partial charge in [-0.05, 0) is 38.2 Å². The van der Waals surface area contributed by atoms with E-state index in [2.05, 4.69) is 18.7 Å². The zero-order valence-electron chi connectivity index (χ0n) is 19.2. The first-order valence-corrected chi connectivity index (χ1v) is 10.4. The number of carbonyl (C=O) groups excluding carboxylic acids is 1. The van der Waals surface area contributed by atoms with Gasteiger partial charge in [0, 0.05) is 36.8 Å². The van der Waals surface area contributed by atoms with Crippen LogP contribution in [0.4, 0.5) is 0 Å². The molecule has 0 fully saturated rings. The minimum Gasteiger partial charge on any atom is -0.497 e. The SMILES string of the molecule is CCOC(=O)c1cn(CCN(CC)CC)c(=O)c2cc(OC)ccc12.O=C(O)/C=C\C(=O)O. The predicted octanol–water partition coefficient (Wildman–Crippen LogP) is 2.24. The smallest absolute Gasteiger partial charge is 0.340 e. The van der Waals surface area contributed by atoms with E-state index in [0.29, 0.717) is 40.8 Å². The Morgan fingerprint density at radius 2 is 1.64 bits per heavy atom. The summed E-state index contributed by atoms with van der Waals surface area (Å²) in [4.78, 5) is 46.5. The highest BCUT2D eigenvalue weighted by molar-refractivity contribution is 6.04. The van der Waals surface area contributed by atoms with Crippen LogP contribution in [0.25, 0.3) is 10.8 Å². The second-order valence-electron chi connectivity index (χ2n) is 6.71. The molecule has 0 aliphatic carbocycles. The minimum absolute atomic E-state index is 0.130. The molecule has 0 aliphatic rings. The Balaban J connectivity index is 0.000000582. The van der Waals surface area contributed by atoms with Crippen LogP contribution in [0.1, 0.15) is 31.1 Å². The maximum atomic E-state index is 12.9. The number of likely N-dealkylation sites (N-methyl/N-ethyl adjacent to an activating group) is 1. The lowest BCUT2D eigenvalue weighted by molar-refractivity contribution is -0.134. The molecule has 0 spiro atoms. The summed E-state index contributed by atoms with van der Waals surface area (Å²) in [6.07, 6.45) is 2.73. The average molecular weight is 462 g/mol. The molecule has 1 heterocycles. The lowest BCUT2D eigenvalue weighted by atomic mass is 10.1. The van der Waals surface area contributed by atoms with Crippen LogP contribution in [0.15, 0.2) is 41.3 Å². The highest BCUT2D eigenvalue weighted by Crippen LogP contribution is 2.22. The zero-order valence-corrected chi connectivity index (χ0v) is 19.2. The molecule has 2 rings (SSSR count). The number of nitrogens with zero attached hydrogens (tertiary/aromatic N) is 2. The maximum absolute atomic E-state index is 12.9. The monoisotopic (exact) mass is 462 g/mol. The highest BCUT2D eigenvalue weighted by atomic mass is 16.5. The van der Waals surface area contributed by atoms with E-state index in [1.54, 1.807) is 43.0 Å². The fraction of sp³-hybridized carbons (Fsp3) is 0.391. The Hall–Kier alpha value is -3.66. The molecule has 180 valence electrons. The zero-order chi connectivity index (χ0) is 25.0. The van der Waals surface area contributed by atoms with Gasteiger partial charge in [-0.2, -0.15) is 0 Å². The van der Waals surface area contributed by atoms with Crippen molar-refractivity contribution in [1.82, 2.24) is 9.47 Å². The number of esters is 1. The van der Waals surface area contributed by atoms with E-state index < -0.39 is 17.9 Å². The number of carbonyl (C=O) groups is 3. The molecule has 0 radical (unpaired) electrons. The number of methoxy groups -OCH3 is 1. The lowest BCUT2D eigenvalue weighted by Crippen LogP contribution is -2.31. The van der Waals surface area contributed by atoms with Gasteiger partial charge in [-0.1, -0.05) is 13.8 Å². The number of aliphatic carboxylic acids is 2. The van der Waals surface area contributed by atoms with E-state index in [0.717, 1.165) is 19.6 Å². The van der Waals surface area contributed by atoms with Gasteiger partial charge in [-0.15, -0.1) is 0 Å². The topological polar surface area (TPSA) is 135 Å². The normalized spacial score (nSPS) is 10.7. The quantitative estimate of drug-likeness (QED) is 0.402. The predicted molar refractivity (Wildman–Crippen MR) is 123 cm³/mol. The number of rotatable bonds is 10. The molecule has 0 aliphatic heterocycles. The number of hydrogen-bond acceptors (Lipinski definition) is 7. The Morgan fingerprint density at radius 1 is 1.03 bits per heavy atom. The summed E-state index contributed by atoms with van der Waals surface area (Å²) in [7, 11) is 1.55. The molecule has 33 heavy (non-hydrogen) atoms. The van der Waals surface area contributed by atoms with Gasteiger partial charge >= 0.3 is 17.9 Å². The molecular weight excluding hydrogens is 432 g/mol. The van der Waals surface area contributed by atoms with Crippen LogP contribution in [-0.2, 0) is 20.9 Å². The molecule has 0 saturated heterocycles. The Bertz CT molecular complexity index is 1040. The van der Waals surface area contributed by atoms with Crippen LogP contribution >= 0.6 is 0 Å². The number of aromatic nitrogens is 1. The molecule has 10 nitrogen and oxygen atoms in total. The van der Waals surface area contributed by atoms with E-state index in [4.69, 9.17) is 19.7 Å². The first kappa shape index (κ1) is 27.4. The van der Waals surface area contributed by atoms with Crippen molar-refractivity contribution in [2.75, 3.05) is 33.4 Å². The third kappa shape index (κ3) is 8.41. The summed E-state index contributed by atoms with van der Waals surface area (Å²) >= 11 is 0. The Morgan fingerprint density at radius 3 is 2.12 bits per heavy atom. The third-order valence-corrected chi connectivity index (χ3v) is 4.71. The highest BCUT2D eigenvalue weighted by Gasteiger charge is 2.16. The van der Waals surface area contributed by atoms with Gasteiger partial charge in [-0.3, -0.25) is 4.79 Å². The van der Waals surface area contributed by atoms with Crippen molar-refractivity contribution in [3.05, 3.63) is 52.5 Å². The number of benzene rings is 1. The van der Waals surface area contributed by atoms with E-state index in [-0.39, 0.29) is 12.2 Å². The molecule has 1 aromatic heterocycles.